The molecule has 0 spiro atoms. The molecule has 0 aromatic heterocycles. The summed E-state index contributed by atoms with van der Waals surface area (Å²) in [5.41, 5.74) is 1.11. The first-order valence-corrected chi connectivity index (χ1v) is 7.69. The molecule has 20 heavy (non-hydrogen) atoms. The van der Waals surface area contributed by atoms with Crippen molar-refractivity contribution < 1.29 is 5.11 Å². The van der Waals surface area contributed by atoms with Gasteiger partial charge in [-0.15, -0.1) is 0 Å². The molecular formula is C18H25NO. The summed E-state index contributed by atoms with van der Waals surface area (Å²) in [6.07, 6.45) is 6.39. The number of hydrogen-bond donors (Lipinski definition) is 2. The number of hydrogen-bond acceptors (Lipinski definition) is 2. The summed E-state index contributed by atoms with van der Waals surface area (Å²) >= 11 is 0. The zero-order valence-electron chi connectivity index (χ0n) is 12.5. The summed E-state index contributed by atoms with van der Waals surface area (Å²) in [5, 5.41) is 15.5. The highest BCUT2D eigenvalue weighted by Crippen LogP contribution is 2.30. The van der Waals surface area contributed by atoms with E-state index in [0.717, 1.165) is 16.5 Å². The first-order chi connectivity index (χ1) is 9.72. The minimum absolute atomic E-state index is 0.349. The Morgan fingerprint density at radius 3 is 2.55 bits per heavy atom. The van der Waals surface area contributed by atoms with Crippen LogP contribution < -0.4 is 5.32 Å². The number of nitrogens with one attached hydrogen (secondary N) is 1. The molecule has 1 atom stereocenters. The van der Waals surface area contributed by atoms with Gasteiger partial charge in [0.2, 0.25) is 0 Å². The minimum Gasteiger partial charge on any atom is -0.507 e. The molecule has 0 aliphatic carbocycles. The molecule has 0 aliphatic heterocycles. The van der Waals surface area contributed by atoms with Crippen molar-refractivity contribution in [3.8, 4) is 5.75 Å². The zero-order valence-corrected chi connectivity index (χ0v) is 12.5. The lowest BCUT2D eigenvalue weighted by atomic mass is 10.1. The van der Waals surface area contributed by atoms with Crippen molar-refractivity contribution in [3.05, 3.63) is 36.4 Å². The second-order valence-electron chi connectivity index (χ2n) is 5.57. The van der Waals surface area contributed by atoms with E-state index >= 15 is 0 Å². The molecule has 0 radical (unpaired) electrons. The van der Waals surface area contributed by atoms with E-state index < -0.39 is 0 Å². The Bertz CT molecular complexity index is 550. The fourth-order valence-corrected chi connectivity index (χ4v) is 2.63. The Balaban J connectivity index is 2.04. The summed E-state index contributed by atoms with van der Waals surface area (Å²) in [4.78, 5) is 0. The van der Waals surface area contributed by atoms with Gasteiger partial charge >= 0.3 is 0 Å². The maximum absolute atomic E-state index is 9.90. The van der Waals surface area contributed by atoms with Crippen molar-refractivity contribution in [2.24, 2.45) is 0 Å². The molecule has 2 rings (SSSR count). The normalized spacial score (nSPS) is 12.5. The van der Waals surface area contributed by atoms with Crippen molar-refractivity contribution in [3.63, 3.8) is 0 Å². The topological polar surface area (TPSA) is 32.3 Å². The number of phenols is 1. The van der Waals surface area contributed by atoms with E-state index in [0.29, 0.717) is 11.8 Å². The van der Waals surface area contributed by atoms with Gasteiger partial charge in [-0.3, -0.25) is 0 Å². The van der Waals surface area contributed by atoms with Crippen LogP contribution in [0.2, 0.25) is 0 Å². The summed E-state index contributed by atoms with van der Waals surface area (Å²) in [6, 6.07) is 12.2. The highest BCUT2D eigenvalue weighted by atomic mass is 16.3. The largest absolute Gasteiger partial charge is 0.507 e. The first-order valence-electron chi connectivity index (χ1n) is 7.69. The fourth-order valence-electron chi connectivity index (χ4n) is 2.63. The molecule has 0 saturated heterocycles. The van der Waals surface area contributed by atoms with Gasteiger partial charge in [-0.05, 0) is 25.5 Å². The molecule has 2 aromatic carbocycles. The molecule has 2 heteroatoms. The van der Waals surface area contributed by atoms with Gasteiger partial charge in [-0.1, -0.05) is 56.9 Å². The van der Waals surface area contributed by atoms with Crippen molar-refractivity contribution in [2.75, 3.05) is 5.32 Å². The number of fused-ring (bicyclic) bond motifs is 1. The van der Waals surface area contributed by atoms with Gasteiger partial charge < -0.3 is 10.4 Å². The second kappa shape index (κ2) is 7.18. The Kier molecular flexibility index (Phi) is 5.28. The minimum atomic E-state index is 0.349. The summed E-state index contributed by atoms with van der Waals surface area (Å²) in [7, 11) is 0. The van der Waals surface area contributed by atoms with E-state index in [1.807, 2.05) is 18.2 Å². The highest BCUT2D eigenvalue weighted by molar-refractivity contribution is 5.97. The van der Waals surface area contributed by atoms with E-state index in [2.05, 4.69) is 31.3 Å². The van der Waals surface area contributed by atoms with Crippen LogP contribution in [0.3, 0.4) is 0 Å². The van der Waals surface area contributed by atoms with Crippen molar-refractivity contribution in [2.45, 2.75) is 52.0 Å². The van der Waals surface area contributed by atoms with Gasteiger partial charge in [0, 0.05) is 22.5 Å². The second-order valence-corrected chi connectivity index (χ2v) is 5.57. The van der Waals surface area contributed by atoms with Crippen molar-refractivity contribution >= 4 is 16.5 Å². The van der Waals surface area contributed by atoms with Gasteiger partial charge in [0.1, 0.15) is 5.75 Å². The van der Waals surface area contributed by atoms with Gasteiger partial charge in [0.15, 0.2) is 0 Å². The van der Waals surface area contributed by atoms with E-state index in [-0.39, 0.29) is 0 Å². The Labute approximate surface area is 121 Å². The van der Waals surface area contributed by atoms with Crippen LogP contribution >= 0.6 is 0 Å². The third kappa shape index (κ3) is 3.66. The lowest BCUT2D eigenvalue weighted by Gasteiger charge is -2.17. The van der Waals surface area contributed by atoms with Crippen LogP contribution in [0.5, 0.6) is 5.75 Å². The lowest BCUT2D eigenvalue weighted by Crippen LogP contribution is -2.15. The van der Waals surface area contributed by atoms with Gasteiger partial charge in [0.05, 0.1) is 0 Å². The molecule has 0 aliphatic rings. The predicted molar refractivity (Wildman–Crippen MR) is 87.5 cm³/mol. The van der Waals surface area contributed by atoms with Crippen LogP contribution in [-0.4, -0.2) is 11.1 Å². The zero-order chi connectivity index (χ0) is 14.4. The molecule has 0 bridgehead atoms. The fraction of sp³-hybridized carbons (Fsp3) is 0.444. The third-order valence-electron chi connectivity index (χ3n) is 3.79. The Morgan fingerprint density at radius 1 is 1.00 bits per heavy atom. The molecule has 2 N–H and O–H groups in total. The number of anilines is 1. The molecule has 108 valence electrons. The molecule has 2 aromatic rings. The lowest BCUT2D eigenvalue weighted by molar-refractivity contribution is 0.481. The molecule has 0 amide bonds. The average molecular weight is 271 g/mol. The average Bonchev–Trinajstić information content (AvgIpc) is 2.45. The molecule has 1 unspecified atom stereocenters. The summed E-state index contributed by atoms with van der Waals surface area (Å²) in [5.74, 6) is 0.349. The first kappa shape index (κ1) is 14.7. The Morgan fingerprint density at radius 2 is 1.75 bits per heavy atom. The molecule has 0 saturated carbocycles. The standard InChI is InChI=1S/C18H25NO/c1-3-4-5-6-9-14(2)19-17-12-7-11-16-15(17)10-8-13-18(16)20/h7-8,10-14,19-20H,3-6,9H2,1-2H3. The molecule has 2 nitrogen and oxygen atoms in total. The van der Waals surface area contributed by atoms with Crippen LogP contribution in [-0.2, 0) is 0 Å². The molecular weight excluding hydrogens is 246 g/mol. The van der Waals surface area contributed by atoms with Gasteiger partial charge in [-0.2, -0.15) is 0 Å². The summed E-state index contributed by atoms with van der Waals surface area (Å²) in [6.45, 7) is 4.47. The van der Waals surface area contributed by atoms with Gasteiger partial charge in [0.25, 0.3) is 0 Å². The SMILES string of the molecule is CCCCCCC(C)Nc1cccc2c(O)cccc12. The van der Waals surface area contributed by atoms with Crippen LogP contribution in [0.25, 0.3) is 10.8 Å². The quantitative estimate of drug-likeness (QED) is 0.668. The van der Waals surface area contributed by atoms with Crippen LogP contribution in [0, 0.1) is 0 Å². The van der Waals surface area contributed by atoms with E-state index in [1.54, 1.807) is 6.07 Å². The summed E-state index contributed by atoms with van der Waals surface area (Å²) < 4.78 is 0. The van der Waals surface area contributed by atoms with Crippen LogP contribution in [0.4, 0.5) is 5.69 Å². The van der Waals surface area contributed by atoms with Crippen molar-refractivity contribution in [1.29, 1.82) is 0 Å². The highest BCUT2D eigenvalue weighted by Gasteiger charge is 2.07. The van der Waals surface area contributed by atoms with E-state index in [1.165, 1.54) is 32.1 Å². The number of aromatic hydroxyl groups is 1. The number of unbranched alkanes of at least 4 members (excludes halogenated alkanes) is 3. The number of benzene rings is 2. The maximum atomic E-state index is 9.90. The number of rotatable bonds is 7. The predicted octanol–water partition coefficient (Wildman–Crippen LogP) is 5.32. The van der Waals surface area contributed by atoms with E-state index in [9.17, 15) is 5.11 Å². The van der Waals surface area contributed by atoms with Gasteiger partial charge in [-0.25, -0.2) is 0 Å². The molecule has 0 heterocycles. The van der Waals surface area contributed by atoms with Crippen LogP contribution in [0.15, 0.2) is 36.4 Å². The smallest absolute Gasteiger partial charge is 0.123 e. The van der Waals surface area contributed by atoms with Crippen LogP contribution in [0.1, 0.15) is 46.0 Å². The van der Waals surface area contributed by atoms with E-state index in [4.69, 9.17) is 0 Å². The third-order valence-corrected chi connectivity index (χ3v) is 3.79. The van der Waals surface area contributed by atoms with Crippen molar-refractivity contribution in [1.82, 2.24) is 0 Å². The number of phenolic OH excluding ortho intramolecular Hbond substituents is 1. The monoisotopic (exact) mass is 271 g/mol. The molecule has 0 fully saturated rings. The Hall–Kier alpha value is -1.70. The maximum Gasteiger partial charge on any atom is 0.123 e.